The maximum Gasteiger partial charge on any atom is 0.208 e. The summed E-state index contributed by atoms with van der Waals surface area (Å²) in [5.41, 5.74) is 2.50. The lowest BCUT2D eigenvalue weighted by Gasteiger charge is -2.43. The summed E-state index contributed by atoms with van der Waals surface area (Å²) < 4.78 is 36.4. The molecule has 5 atom stereocenters. The number of aliphatic hydroxyl groups excluding tert-OH is 3. The van der Waals surface area contributed by atoms with Gasteiger partial charge < -0.3 is 29.7 Å². The maximum atomic E-state index is 11.1. The Balaban J connectivity index is 1.42. The van der Waals surface area contributed by atoms with E-state index in [0.29, 0.717) is 29.3 Å². The number of nitrogens with one attached hydrogen (secondary N) is 1. The van der Waals surface area contributed by atoms with Crippen LogP contribution in [0.15, 0.2) is 42.5 Å². The number of sulfonamides is 1. The molecule has 2 aromatic carbocycles. The zero-order chi connectivity index (χ0) is 27.3. The van der Waals surface area contributed by atoms with Crippen LogP contribution in [0.1, 0.15) is 42.1 Å². The molecule has 9 nitrogen and oxygen atoms in total. The summed E-state index contributed by atoms with van der Waals surface area (Å²) in [6, 6.07) is 12.8. The van der Waals surface area contributed by atoms with E-state index in [1.165, 1.54) is 6.42 Å². The van der Waals surface area contributed by atoms with Gasteiger partial charge in [-0.3, -0.25) is 0 Å². The molecule has 0 aromatic heterocycles. The predicted molar refractivity (Wildman–Crippen MR) is 145 cm³/mol. The van der Waals surface area contributed by atoms with Crippen LogP contribution in [0, 0.1) is 0 Å². The standard InChI is InChI=1S/C27H37ClN2O7S/c1-38(34,35)29-11-14-36-21-8-5-18(6-9-21)15-20-16-19(7-10-22(20)28)27-26(33)25(32)24(31)23(37-27)17-30-12-3-2-4-13-30/h5-10,16,23-27,29,31-33H,2-4,11-15,17H2,1H3/t23-,24-,25+,26-,27+/m1/s1. The molecule has 0 spiro atoms. The number of halogens is 1. The lowest BCUT2D eigenvalue weighted by Crippen LogP contribution is -2.57. The Morgan fingerprint density at radius 2 is 1.74 bits per heavy atom. The van der Waals surface area contributed by atoms with Crippen LogP contribution in [0.3, 0.4) is 0 Å². The minimum atomic E-state index is -3.25. The lowest BCUT2D eigenvalue weighted by molar-refractivity contribution is -0.228. The van der Waals surface area contributed by atoms with Crippen molar-refractivity contribution in [2.24, 2.45) is 0 Å². The molecule has 0 bridgehead atoms. The van der Waals surface area contributed by atoms with E-state index in [2.05, 4.69) is 9.62 Å². The summed E-state index contributed by atoms with van der Waals surface area (Å²) >= 11 is 6.50. The average molecular weight is 569 g/mol. The monoisotopic (exact) mass is 568 g/mol. The van der Waals surface area contributed by atoms with Gasteiger partial charge in [-0.25, -0.2) is 13.1 Å². The molecule has 4 rings (SSSR count). The van der Waals surface area contributed by atoms with Crippen LogP contribution in [-0.4, -0.2) is 92.1 Å². The Bertz CT molecular complexity index is 1160. The van der Waals surface area contributed by atoms with Gasteiger partial charge in [0.25, 0.3) is 0 Å². The van der Waals surface area contributed by atoms with E-state index in [9.17, 15) is 23.7 Å². The fraction of sp³-hybridized carbons (Fsp3) is 0.556. The summed E-state index contributed by atoms with van der Waals surface area (Å²) in [7, 11) is -3.25. The zero-order valence-corrected chi connectivity index (χ0v) is 23.1. The highest BCUT2D eigenvalue weighted by molar-refractivity contribution is 7.88. The average Bonchev–Trinajstić information content (AvgIpc) is 2.89. The second-order valence-corrected chi connectivity index (χ2v) is 12.4. The van der Waals surface area contributed by atoms with Crippen molar-refractivity contribution in [1.82, 2.24) is 9.62 Å². The van der Waals surface area contributed by atoms with Crippen molar-refractivity contribution in [2.45, 2.75) is 56.2 Å². The van der Waals surface area contributed by atoms with Crippen molar-refractivity contribution in [2.75, 3.05) is 39.0 Å². The summed E-state index contributed by atoms with van der Waals surface area (Å²) in [5, 5.41) is 32.5. The fourth-order valence-electron chi connectivity index (χ4n) is 5.00. The SMILES string of the molecule is CS(=O)(=O)NCCOc1ccc(Cc2cc([C@@H]3O[C@H](CN4CCCCC4)[C@@H](O)[C@H](O)[C@H]3O)ccc2Cl)cc1. The third-order valence-corrected chi connectivity index (χ3v) is 8.15. The highest BCUT2D eigenvalue weighted by Gasteiger charge is 2.44. The molecule has 0 amide bonds. The van der Waals surface area contributed by atoms with E-state index in [4.69, 9.17) is 21.1 Å². The van der Waals surface area contributed by atoms with Crippen molar-refractivity contribution < 1.29 is 33.2 Å². The van der Waals surface area contributed by atoms with Gasteiger partial charge in [0, 0.05) is 18.1 Å². The maximum absolute atomic E-state index is 11.1. The van der Waals surface area contributed by atoms with E-state index in [1.807, 2.05) is 30.3 Å². The van der Waals surface area contributed by atoms with E-state index in [1.54, 1.807) is 12.1 Å². The van der Waals surface area contributed by atoms with Gasteiger partial charge in [0.15, 0.2) is 0 Å². The van der Waals surface area contributed by atoms with Gasteiger partial charge in [0.05, 0.1) is 12.4 Å². The minimum absolute atomic E-state index is 0.183. The Morgan fingerprint density at radius 1 is 1.03 bits per heavy atom. The first-order chi connectivity index (χ1) is 18.1. The minimum Gasteiger partial charge on any atom is -0.492 e. The Morgan fingerprint density at radius 3 is 2.42 bits per heavy atom. The molecule has 11 heteroatoms. The van der Waals surface area contributed by atoms with Crippen molar-refractivity contribution >= 4 is 21.6 Å². The number of benzene rings is 2. The number of rotatable bonds is 10. The van der Waals surface area contributed by atoms with Gasteiger partial charge in [-0.15, -0.1) is 0 Å². The Kier molecular flexibility index (Phi) is 10.0. The number of aliphatic hydroxyl groups is 3. The van der Waals surface area contributed by atoms with Gasteiger partial charge >= 0.3 is 0 Å². The summed E-state index contributed by atoms with van der Waals surface area (Å²) in [4.78, 5) is 2.24. The number of ether oxygens (including phenoxy) is 2. The van der Waals surface area contributed by atoms with Crippen LogP contribution >= 0.6 is 11.6 Å². The largest absolute Gasteiger partial charge is 0.492 e. The van der Waals surface area contributed by atoms with Gasteiger partial charge in [0.1, 0.15) is 36.8 Å². The van der Waals surface area contributed by atoms with E-state index < -0.39 is 40.5 Å². The molecule has 2 saturated heterocycles. The van der Waals surface area contributed by atoms with E-state index in [0.717, 1.165) is 43.3 Å². The molecule has 0 unspecified atom stereocenters. The van der Waals surface area contributed by atoms with Gasteiger partial charge in [-0.2, -0.15) is 0 Å². The number of likely N-dealkylation sites (tertiary alicyclic amines) is 1. The first-order valence-electron chi connectivity index (χ1n) is 13.0. The van der Waals surface area contributed by atoms with Crippen molar-refractivity contribution in [3.8, 4) is 5.75 Å². The Hall–Kier alpha value is -1.76. The highest BCUT2D eigenvalue weighted by Crippen LogP contribution is 2.35. The molecule has 38 heavy (non-hydrogen) atoms. The van der Waals surface area contributed by atoms with Crippen LogP contribution in [0.25, 0.3) is 0 Å². The Labute approximate surface area is 229 Å². The van der Waals surface area contributed by atoms with Gasteiger partial charge in [0.2, 0.25) is 10.0 Å². The highest BCUT2D eigenvalue weighted by atomic mass is 35.5. The zero-order valence-electron chi connectivity index (χ0n) is 21.5. The molecule has 2 aromatic rings. The number of piperidine rings is 1. The van der Waals surface area contributed by atoms with Gasteiger partial charge in [-0.1, -0.05) is 42.3 Å². The third-order valence-electron chi connectivity index (χ3n) is 7.05. The first-order valence-corrected chi connectivity index (χ1v) is 15.2. The normalized spacial score (nSPS) is 26.8. The fourth-order valence-corrected chi connectivity index (χ4v) is 5.64. The molecule has 2 aliphatic rings. The van der Waals surface area contributed by atoms with Crippen molar-refractivity contribution in [3.63, 3.8) is 0 Å². The third kappa shape index (κ3) is 7.89. The summed E-state index contributed by atoms with van der Waals surface area (Å²) in [6.07, 6.45) is -0.147. The molecule has 0 saturated carbocycles. The molecule has 2 aliphatic heterocycles. The smallest absolute Gasteiger partial charge is 0.208 e. The van der Waals surface area contributed by atoms with Crippen LogP contribution in [0.4, 0.5) is 0 Å². The molecule has 0 aliphatic carbocycles. The number of hydrogen-bond donors (Lipinski definition) is 4. The summed E-state index contributed by atoms with van der Waals surface area (Å²) in [6.45, 7) is 2.76. The quantitative estimate of drug-likeness (QED) is 0.320. The van der Waals surface area contributed by atoms with Crippen LogP contribution in [0.5, 0.6) is 5.75 Å². The van der Waals surface area contributed by atoms with E-state index >= 15 is 0 Å². The second kappa shape index (κ2) is 13.1. The van der Waals surface area contributed by atoms with Crippen molar-refractivity contribution in [3.05, 3.63) is 64.2 Å². The molecule has 2 fully saturated rings. The molecular formula is C27H37ClN2O7S. The topological polar surface area (TPSA) is 129 Å². The van der Waals surface area contributed by atoms with E-state index in [-0.39, 0.29) is 13.2 Å². The summed E-state index contributed by atoms with van der Waals surface area (Å²) in [5.74, 6) is 0.620. The molecule has 0 radical (unpaired) electrons. The first kappa shape index (κ1) is 29.2. The second-order valence-electron chi connectivity index (χ2n) is 10.1. The molecule has 4 N–H and O–H groups in total. The van der Waals surface area contributed by atoms with Gasteiger partial charge in [-0.05, 0) is 67.2 Å². The molecule has 210 valence electrons. The van der Waals surface area contributed by atoms with Crippen molar-refractivity contribution in [1.29, 1.82) is 0 Å². The van der Waals surface area contributed by atoms with Crippen LogP contribution in [0.2, 0.25) is 5.02 Å². The van der Waals surface area contributed by atoms with Crippen LogP contribution in [-0.2, 0) is 21.2 Å². The lowest BCUT2D eigenvalue weighted by atomic mass is 9.89. The van der Waals surface area contributed by atoms with Crippen LogP contribution < -0.4 is 9.46 Å². The molecule has 2 heterocycles. The molecular weight excluding hydrogens is 532 g/mol. The number of nitrogens with zero attached hydrogens (tertiary/aromatic N) is 1. The predicted octanol–water partition coefficient (Wildman–Crippen LogP) is 1.87. The number of hydrogen-bond acceptors (Lipinski definition) is 8.